The Morgan fingerprint density at radius 1 is 1.37 bits per heavy atom. The molecule has 0 bridgehead atoms. The van der Waals surface area contributed by atoms with Gasteiger partial charge in [0.2, 0.25) is 0 Å². The van der Waals surface area contributed by atoms with Crippen molar-refractivity contribution in [3.8, 4) is 0 Å². The van der Waals surface area contributed by atoms with E-state index in [1.807, 2.05) is 19.9 Å². The molecular formula is C14H23N3O2. The summed E-state index contributed by atoms with van der Waals surface area (Å²) in [7, 11) is 0. The van der Waals surface area contributed by atoms with Gasteiger partial charge in [0.05, 0.1) is 5.56 Å². The average molecular weight is 265 g/mol. The maximum absolute atomic E-state index is 11.9. The van der Waals surface area contributed by atoms with Gasteiger partial charge in [-0.2, -0.15) is 0 Å². The van der Waals surface area contributed by atoms with Crippen LogP contribution in [0, 0.1) is 0 Å². The van der Waals surface area contributed by atoms with Gasteiger partial charge < -0.3 is 21.1 Å². The van der Waals surface area contributed by atoms with Crippen LogP contribution < -0.4 is 16.4 Å². The summed E-state index contributed by atoms with van der Waals surface area (Å²) in [5.41, 5.74) is 7.70. The maximum atomic E-state index is 11.9. The lowest BCUT2D eigenvalue weighted by Crippen LogP contribution is -2.24. The Labute approximate surface area is 114 Å². The van der Waals surface area contributed by atoms with Crippen LogP contribution in [0.3, 0.4) is 0 Å². The molecular weight excluding hydrogens is 242 g/mol. The van der Waals surface area contributed by atoms with Crippen molar-refractivity contribution < 1.29 is 9.53 Å². The van der Waals surface area contributed by atoms with Gasteiger partial charge >= 0.3 is 0 Å². The van der Waals surface area contributed by atoms with E-state index in [0.29, 0.717) is 17.8 Å². The van der Waals surface area contributed by atoms with Gasteiger partial charge in [-0.05, 0) is 38.5 Å². The smallest absolute Gasteiger partial charge is 0.253 e. The third-order valence-electron chi connectivity index (χ3n) is 2.61. The number of carbonyl (C=O) groups excluding carboxylic acids is 1. The monoisotopic (exact) mass is 265 g/mol. The van der Waals surface area contributed by atoms with Crippen LogP contribution in [0.2, 0.25) is 0 Å². The van der Waals surface area contributed by atoms with E-state index < -0.39 is 0 Å². The minimum Gasteiger partial charge on any atom is -0.399 e. The second-order valence-electron chi connectivity index (χ2n) is 4.14. The van der Waals surface area contributed by atoms with Crippen molar-refractivity contribution in [2.45, 2.75) is 20.3 Å². The van der Waals surface area contributed by atoms with Crippen molar-refractivity contribution in [1.82, 2.24) is 5.32 Å². The summed E-state index contributed by atoms with van der Waals surface area (Å²) in [5.74, 6) is -0.109. The van der Waals surface area contributed by atoms with Crippen molar-refractivity contribution in [2.75, 3.05) is 37.4 Å². The van der Waals surface area contributed by atoms with Crippen molar-refractivity contribution in [2.24, 2.45) is 0 Å². The van der Waals surface area contributed by atoms with E-state index in [-0.39, 0.29) is 5.91 Å². The topological polar surface area (TPSA) is 76.4 Å². The van der Waals surface area contributed by atoms with Gasteiger partial charge in [-0.25, -0.2) is 0 Å². The summed E-state index contributed by atoms with van der Waals surface area (Å²) in [6, 6.07) is 5.31. The standard InChI is InChI=1S/C14H23N3O2/c1-3-16-14(18)12-10-11(15)6-7-13(12)17-8-5-9-19-4-2/h6-7,10,17H,3-5,8-9,15H2,1-2H3,(H,16,18). The van der Waals surface area contributed by atoms with Crippen LogP contribution in [0.1, 0.15) is 30.6 Å². The van der Waals surface area contributed by atoms with Crippen LogP contribution >= 0.6 is 0 Å². The predicted molar refractivity (Wildman–Crippen MR) is 78.5 cm³/mol. The largest absolute Gasteiger partial charge is 0.399 e. The van der Waals surface area contributed by atoms with Gasteiger partial charge in [0, 0.05) is 37.7 Å². The van der Waals surface area contributed by atoms with Gasteiger partial charge in [-0.15, -0.1) is 0 Å². The third kappa shape index (κ3) is 5.18. The van der Waals surface area contributed by atoms with Crippen LogP contribution in [0.5, 0.6) is 0 Å². The second-order valence-corrected chi connectivity index (χ2v) is 4.14. The Balaban J connectivity index is 2.63. The zero-order valence-electron chi connectivity index (χ0n) is 11.7. The summed E-state index contributed by atoms with van der Waals surface area (Å²) in [6.07, 6.45) is 0.896. The van der Waals surface area contributed by atoms with Gasteiger partial charge in [-0.1, -0.05) is 0 Å². The highest BCUT2D eigenvalue weighted by Gasteiger charge is 2.10. The molecule has 0 aliphatic heterocycles. The highest BCUT2D eigenvalue weighted by atomic mass is 16.5. The fourth-order valence-corrected chi connectivity index (χ4v) is 1.70. The summed E-state index contributed by atoms with van der Waals surface area (Å²) < 4.78 is 5.27. The zero-order valence-corrected chi connectivity index (χ0v) is 11.7. The molecule has 5 heteroatoms. The summed E-state index contributed by atoms with van der Waals surface area (Å²) in [6.45, 7) is 6.66. The number of carbonyl (C=O) groups is 1. The van der Waals surface area contributed by atoms with Crippen molar-refractivity contribution in [3.63, 3.8) is 0 Å². The SMILES string of the molecule is CCNC(=O)c1cc(N)ccc1NCCCOCC. The highest BCUT2D eigenvalue weighted by molar-refractivity contribution is 6.00. The Kier molecular flexibility index (Phi) is 6.74. The number of amides is 1. The van der Waals surface area contributed by atoms with Crippen LogP contribution in [0.4, 0.5) is 11.4 Å². The van der Waals surface area contributed by atoms with Crippen molar-refractivity contribution in [3.05, 3.63) is 23.8 Å². The number of benzene rings is 1. The van der Waals surface area contributed by atoms with E-state index >= 15 is 0 Å². The number of rotatable bonds is 8. The number of nitrogens with two attached hydrogens (primary N) is 1. The first kappa shape index (κ1) is 15.3. The van der Waals surface area contributed by atoms with E-state index in [1.165, 1.54) is 0 Å². The second kappa shape index (κ2) is 8.37. The van der Waals surface area contributed by atoms with Gasteiger partial charge in [0.1, 0.15) is 0 Å². The summed E-state index contributed by atoms with van der Waals surface area (Å²) in [4.78, 5) is 11.9. The summed E-state index contributed by atoms with van der Waals surface area (Å²) >= 11 is 0. The molecule has 1 aromatic carbocycles. The van der Waals surface area contributed by atoms with E-state index in [1.54, 1.807) is 12.1 Å². The average Bonchev–Trinajstić information content (AvgIpc) is 2.40. The van der Waals surface area contributed by atoms with Gasteiger partial charge in [-0.3, -0.25) is 4.79 Å². The molecule has 0 aliphatic rings. The Hall–Kier alpha value is -1.75. The Morgan fingerprint density at radius 3 is 2.84 bits per heavy atom. The number of hydrogen-bond acceptors (Lipinski definition) is 4. The lowest BCUT2D eigenvalue weighted by molar-refractivity contribution is 0.0956. The summed E-state index contributed by atoms with van der Waals surface area (Å²) in [5, 5.41) is 6.02. The van der Waals surface area contributed by atoms with Crippen molar-refractivity contribution >= 4 is 17.3 Å². The number of hydrogen-bond donors (Lipinski definition) is 3. The fraction of sp³-hybridized carbons (Fsp3) is 0.500. The molecule has 0 aromatic heterocycles. The van der Waals surface area contributed by atoms with E-state index in [0.717, 1.165) is 31.9 Å². The van der Waals surface area contributed by atoms with Gasteiger partial charge in [0.15, 0.2) is 0 Å². The first-order chi connectivity index (χ1) is 9.19. The molecule has 5 nitrogen and oxygen atoms in total. The molecule has 1 rings (SSSR count). The molecule has 0 fully saturated rings. The van der Waals surface area contributed by atoms with Gasteiger partial charge in [0.25, 0.3) is 5.91 Å². The fourth-order valence-electron chi connectivity index (χ4n) is 1.70. The van der Waals surface area contributed by atoms with E-state index in [9.17, 15) is 4.79 Å². The normalized spacial score (nSPS) is 10.2. The molecule has 0 saturated heterocycles. The molecule has 1 amide bonds. The molecule has 0 atom stereocenters. The Morgan fingerprint density at radius 2 is 2.16 bits per heavy atom. The lowest BCUT2D eigenvalue weighted by atomic mass is 10.1. The lowest BCUT2D eigenvalue weighted by Gasteiger charge is -2.12. The molecule has 0 spiro atoms. The molecule has 0 unspecified atom stereocenters. The molecule has 19 heavy (non-hydrogen) atoms. The molecule has 1 aromatic rings. The quantitative estimate of drug-likeness (QED) is 0.495. The number of anilines is 2. The minimum atomic E-state index is -0.109. The molecule has 0 saturated carbocycles. The molecule has 0 radical (unpaired) electrons. The molecule has 106 valence electrons. The van der Waals surface area contributed by atoms with Crippen LogP contribution in [-0.4, -0.2) is 32.2 Å². The molecule has 0 heterocycles. The van der Waals surface area contributed by atoms with E-state index in [2.05, 4.69) is 10.6 Å². The molecule has 0 aliphatic carbocycles. The van der Waals surface area contributed by atoms with Crippen molar-refractivity contribution in [1.29, 1.82) is 0 Å². The predicted octanol–water partition coefficient (Wildman–Crippen LogP) is 1.86. The number of nitrogens with one attached hydrogen (secondary N) is 2. The Bertz CT molecular complexity index is 408. The minimum absolute atomic E-state index is 0.109. The number of nitrogen functional groups attached to an aromatic ring is 1. The zero-order chi connectivity index (χ0) is 14.1. The van der Waals surface area contributed by atoms with Crippen LogP contribution in [0.25, 0.3) is 0 Å². The first-order valence-electron chi connectivity index (χ1n) is 6.68. The van der Waals surface area contributed by atoms with Crippen LogP contribution in [0.15, 0.2) is 18.2 Å². The first-order valence-corrected chi connectivity index (χ1v) is 6.68. The third-order valence-corrected chi connectivity index (χ3v) is 2.61. The van der Waals surface area contributed by atoms with E-state index in [4.69, 9.17) is 10.5 Å². The molecule has 4 N–H and O–H groups in total. The van der Waals surface area contributed by atoms with Crippen LogP contribution in [-0.2, 0) is 4.74 Å². The maximum Gasteiger partial charge on any atom is 0.253 e. The highest BCUT2D eigenvalue weighted by Crippen LogP contribution is 2.18. The number of ether oxygens (including phenoxy) is 1.